The summed E-state index contributed by atoms with van der Waals surface area (Å²) in [6.07, 6.45) is 3.49. The van der Waals surface area contributed by atoms with E-state index < -0.39 is 0 Å². The normalized spacial score (nSPS) is 10.8. The maximum absolute atomic E-state index is 12.4. The molecular formula is C18H16N6OS. The van der Waals surface area contributed by atoms with Gasteiger partial charge in [0.05, 0.1) is 10.6 Å². The summed E-state index contributed by atoms with van der Waals surface area (Å²) in [6.45, 7) is 1.99. The third-order valence-electron chi connectivity index (χ3n) is 3.69. The summed E-state index contributed by atoms with van der Waals surface area (Å²) in [7, 11) is 0. The van der Waals surface area contributed by atoms with Gasteiger partial charge in [-0.25, -0.2) is 4.98 Å². The van der Waals surface area contributed by atoms with Crippen LogP contribution in [0.25, 0.3) is 16.4 Å². The minimum Gasteiger partial charge on any atom is -0.309 e. The summed E-state index contributed by atoms with van der Waals surface area (Å²) in [5.74, 6) is 1.05. The van der Waals surface area contributed by atoms with Crippen LogP contribution in [0.15, 0.2) is 60.2 Å². The number of carbonyl (C=O) groups excluding carboxylic acids is 1. The van der Waals surface area contributed by atoms with Crippen LogP contribution in [0.4, 0.5) is 5.82 Å². The van der Waals surface area contributed by atoms with Crippen molar-refractivity contribution in [3.05, 3.63) is 65.9 Å². The number of hydrogen-bond acceptors (Lipinski definition) is 5. The van der Waals surface area contributed by atoms with E-state index in [4.69, 9.17) is 0 Å². The number of rotatable bonds is 5. The van der Waals surface area contributed by atoms with Gasteiger partial charge in [-0.2, -0.15) is 14.9 Å². The fourth-order valence-corrected chi connectivity index (χ4v) is 3.27. The first kappa shape index (κ1) is 16.2. The predicted octanol–water partition coefficient (Wildman–Crippen LogP) is 3.14. The minimum absolute atomic E-state index is 0.123. The molecule has 4 aromatic rings. The van der Waals surface area contributed by atoms with Crippen molar-refractivity contribution in [2.75, 3.05) is 5.32 Å². The number of hydrogen-bond donors (Lipinski definition) is 1. The van der Waals surface area contributed by atoms with E-state index in [0.29, 0.717) is 11.6 Å². The molecule has 1 N–H and O–H groups in total. The lowest BCUT2D eigenvalue weighted by Gasteiger charge is -2.08. The third-order valence-corrected chi connectivity index (χ3v) is 4.58. The fraction of sp³-hybridized carbons (Fsp3) is 0.111. The Kier molecular flexibility index (Phi) is 4.32. The van der Waals surface area contributed by atoms with E-state index in [1.54, 1.807) is 33.1 Å². The summed E-state index contributed by atoms with van der Waals surface area (Å²) in [5, 5.41) is 13.7. The number of nitrogens with zero attached hydrogens (tertiary/aromatic N) is 5. The van der Waals surface area contributed by atoms with Crippen molar-refractivity contribution in [2.45, 2.75) is 13.5 Å². The average Bonchev–Trinajstić information content (AvgIpc) is 3.36. The van der Waals surface area contributed by atoms with E-state index in [-0.39, 0.29) is 12.5 Å². The van der Waals surface area contributed by atoms with Crippen LogP contribution in [0, 0.1) is 6.92 Å². The maximum Gasteiger partial charge on any atom is 0.247 e. The second-order valence-corrected chi connectivity index (χ2v) is 6.64. The Labute approximate surface area is 153 Å². The van der Waals surface area contributed by atoms with Gasteiger partial charge in [-0.05, 0) is 36.6 Å². The lowest BCUT2D eigenvalue weighted by molar-refractivity contribution is -0.116. The lowest BCUT2D eigenvalue weighted by Crippen LogP contribution is -2.21. The molecule has 0 saturated carbocycles. The molecule has 26 heavy (non-hydrogen) atoms. The molecule has 4 heterocycles. The van der Waals surface area contributed by atoms with Crippen LogP contribution in [0.2, 0.25) is 0 Å². The van der Waals surface area contributed by atoms with Crippen LogP contribution in [0.1, 0.15) is 5.69 Å². The van der Waals surface area contributed by atoms with Crippen molar-refractivity contribution in [1.29, 1.82) is 0 Å². The van der Waals surface area contributed by atoms with Crippen LogP contribution >= 0.6 is 11.3 Å². The fourth-order valence-electron chi connectivity index (χ4n) is 2.58. The summed E-state index contributed by atoms with van der Waals surface area (Å²) in [4.78, 5) is 17.8. The van der Waals surface area contributed by atoms with Crippen LogP contribution in [-0.2, 0) is 11.3 Å². The number of amides is 1. The Morgan fingerprint density at radius 3 is 2.88 bits per heavy atom. The van der Waals surface area contributed by atoms with Gasteiger partial charge >= 0.3 is 0 Å². The van der Waals surface area contributed by atoms with Gasteiger partial charge in [0.25, 0.3) is 0 Å². The molecule has 130 valence electrons. The molecular weight excluding hydrogens is 348 g/mol. The number of nitrogens with one attached hydrogen (secondary N) is 1. The van der Waals surface area contributed by atoms with E-state index >= 15 is 0 Å². The summed E-state index contributed by atoms with van der Waals surface area (Å²) >= 11 is 1.62. The molecule has 1 amide bonds. The number of anilines is 1. The van der Waals surface area contributed by atoms with Gasteiger partial charge < -0.3 is 5.32 Å². The number of carbonyl (C=O) groups is 1. The van der Waals surface area contributed by atoms with Gasteiger partial charge in [-0.3, -0.25) is 9.48 Å². The van der Waals surface area contributed by atoms with Crippen molar-refractivity contribution in [2.24, 2.45) is 0 Å². The minimum atomic E-state index is -0.178. The molecule has 4 rings (SSSR count). The van der Waals surface area contributed by atoms with Crippen LogP contribution in [-0.4, -0.2) is 30.5 Å². The maximum atomic E-state index is 12.4. The largest absolute Gasteiger partial charge is 0.309 e. The first-order valence-corrected chi connectivity index (χ1v) is 8.92. The van der Waals surface area contributed by atoms with E-state index in [2.05, 4.69) is 20.5 Å². The van der Waals surface area contributed by atoms with Gasteiger partial charge in [0.15, 0.2) is 5.82 Å². The van der Waals surface area contributed by atoms with E-state index in [1.807, 2.05) is 54.8 Å². The Morgan fingerprint density at radius 2 is 2.12 bits per heavy atom. The van der Waals surface area contributed by atoms with Crippen LogP contribution < -0.4 is 5.32 Å². The van der Waals surface area contributed by atoms with E-state index in [1.165, 1.54) is 0 Å². The molecule has 0 spiro atoms. The molecule has 4 aromatic heterocycles. The van der Waals surface area contributed by atoms with Gasteiger partial charge in [0.2, 0.25) is 5.91 Å². The smallest absolute Gasteiger partial charge is 0.247 e. The Hall–Kier alpha value is -3.26. The molecule has 8 heteroatoms. The highest BCUT2D eigenvalue weighted by Crippen LogP contribution is 2.22. The standard InChI is InChI=1S/C18H16N6OS/c1-13-11-17(24(21-13)16-6-2-3-8-19-16)20-18(25)12-23-9-7-14(22-23)15-5-4-10-26-15/h2-11H,12H2,1H3,(H,20,25). The first-order chi connectivity index (χ1) is 12.7. The highest BCUT2D eigenvalue weighted by Gasteiger charge is 2.13. The summed E-state index contributed by atoms with van der Waals surface area (Å²) < 4.78 is 3.24. The average molecular weight is 364 g/mol. The topological polar surface area (TPSA) is 77.6 Å². The zero-order valence-electron chi connectivity index (χ0n) is 14.0. The molecule has 0 aliphatic heterocycles. The van der Waals surface area contributed by atoms with Crippen molar-refractivity contribution >= 4 is 23.1 Å². The predicted molar refractivity (Wildman–Crippen MR) is 100 cm³/mol. The summed E-state index contributed by atoms with van der Waals surface area (Å²) in [6, 6.07) is 13.2. The van der Waals surface area contributed by atoms with Gasteiger partial charge in [-0.15, -0.1) is 11.3 Å². The highest BCUT2D eigenvalue weighted by atomic mass is 32.1. The monoisotopic (exact) mass is 364 g/mol. The van der Waals surface area contributed by atoms with Crippen molar-refractivity contribution in [3.63, 3.8) is 0 Å². The van der Waals surface area contributed by atoms with Gasteiger partial charge in [-0.1, -0.05) is 12.1 Å². The molecule has 0 bridgehead atoms. The second kappa shape index (κ2) is 6.93. The molecule has 0 saturated heterocycles. The zero-order valence-corrected chi connectivity index (χ0v) is 14.8. The van der Waals surface area contributed by atoms with E-state index in [9.17, 15) is 4.79 Å². The second-order valence-electron chi connectivity index (χ2n) is 5.69. The molecule has 0 aliphatic rings. The van der Waals surface area contributed by atoms with Gasteiger partial charge in [0, 0.05) is 18.5 Å². The SMILES string of the molecule is Cc1cc(NC(=O)Cn2ccc(-c3cccs3)n2)n(-c2ccccn2)n1. The Balaban J connectivity index is 1.49. The molecule has 0 aromatic carbocycles. The first-order valence-electron chi connectivity index (χ1n) is 8.04. The number of thiophene rings is 1. The van der Waals surface area contributed by atoms with Crippen molar-refractivity contribution in [1.82, 2.24) is 24.5 Å². The quantitative estimate of drug-likeness (QED) is 0.590. The van der Waals surface area contributed by atoms with Crippen molar-refractivity contribution < 1.29 is 4.79 Å². The molecule has 0 fully saturated rings. The van der Waals surface area contributed by atoms with E-state index in [0.717, 1.165) is 16.3 Å². The summed E-state index contributed by atoms with van der Waals surface area (Å²) in [5.41, 5.74) is 1.66. The molecule has 0 radical (unpaired) electrons. The molecule has 7 nitrogen and oxygen atoms in total. The third kappa shape index (κ3) is 3.40. The van der Waals surface area contributed by atoms with Crippen LogP contribution in [0.3, 0.4) is 0 Å². The Bertz CT molecular complexity index is 1020. The van der Waals surface area contributed by atoms with Crippen molar-refractivity contribution in [3.8, 4) is 16.4 Å². The number of pyridine rings is 1. The molecule has 0 aliphatic carbocycles. The zero-order chi connectivity index (χ0) is 17.9. The Morgan fingerprint density at radius 1 is 1.19 bits per heavy atom. The van der Waals surface area contributed by atoms with Gasteiger partial charge in [0.1, 0.15) is 18.1 Å². The number of aromatic nitrogens is 5. The highest BCUT2D eigenvalue weighted by molar-refractivity contribution is 7.13. The number of aryl methyl sites for hydroxylation is 1. The molecule has 0 atom stereocenters. The molecule has 0 unspecified atom stereocenters. The lowest BCUT2D eigenvalue weighted by atomic mass is 10.3. The van der Waals surface area contributed by atoms with Crippen LogP contribution in [0.5, 0.6) is 0 Å².